The van der Waals surface area contributed by atoms with Gasteiger partial charge in [0.25, 0.3) is 0 Å². The summed E-state index contributed by atoms with van der Waals surface area (Å²) in [6, 6.07) is 7.70. The van der Waals surface area contributed by atoms with E-state index in [1.165, 1.54) is 51.1 Å². The average molecular weight is 319 g/mol. The molecule has 0 spiro atoms. The molecule has 2 unspecified atom stereocenters. The van der Waals surface area contributed by atoms with Gasteiger partial charge in [-0.3, -0.25) is 0 Å². The molecule has 120 valence electrons. The number of hydrogen-bond donors (Lipinski definition) is 1. The van der Waals surface area contributed by atoms with Crippen LogP contribution in [0.5, 0.6) is 0 Å². The molecular formula is C18H25NO2S. The lowest BCUT2D eigenvalue weighted by molar-refractivity contribution is -0.0616. The van der Waals surface area contributed by atoms with Crippen molar-refractivity contribution in [2.45, 2.75) is 55.8 Å². The summed E-state index contributed by atoms with van der Waals surface area (Å²) in [6.07, 6.45) is 8.11. The first kappa shape index (κ1) is 14.7. The largest absolute Gasteiger partial charge is 0.240 e. The van der Waals surface area contributed by atoms with E-state index in [4.69, 9.17) is 0 Å². The smallest absolute Gasteiger partial charge is 0.214 e. The monoisotopic (exact) mass is 319 g/mol. The van der Waals surface area contributed by atoms with Crippen LogP contribution in [0.15, 0.2) is 29.2 Å². The zero-order valence-corrected chi connectivity index (χ0v) is 14.2. The molecule has 1 aromatic carbocycles. The average Bonchev–Trinajstić information content (AvgIpc) is 2.45. The van der Waals surface area contributed by atoms with Crippen LogP contribution in [0.4, 0.5) is 0 Å². The summed E-state index contributed by atoms with van der Waals surface area (Å²) in [5.74, 6) is 1.76. The van der Waals surface area contributed by atoms with Crippen molar-refractivity contribution in [2.75, 3.05) is 7.05 Å². The Balaban J connectivity index is 1.70. The molecule has 0 amide bonds. The van der Waals surface area contributed by atoms with E-state index in [9.17, 15) is 8.42 Å². The van der Waals surface area contributed by atoms with Crippen LogP contribution in [0, 0.1) is 17.3 Å². The number of nitrogens with one attached hydrogen (secondary N) is 1. The molecule has 4 fully saturated rings. The third kappa shape index (κ3) is 2.15. The Bertz CT molecular complexity index is 678. The van der Waals surface area contributed by atoms with Crippen molar-refractivity contribution >= 4 is 10.0 Å². The minimum absolute atomic E-state index is 0.306. The molecule has 3 nitrogen and oxygen atoms in total. The van der Waals surface area contributed by atoms with Gasteiger partial charge in [-0.15, -0.1) is 0 Å². The summed E-state index contributed by atoms with van der Waals surface area (Å²) in [4.78, 5) is 0.370. The second-order valence-electron chi connectivity index (χ2n) is 8.28. The van der Waals surface area contributed by atoms with Crippen LogP contribution >= 0.6 is 0 Å². The maximum absolute atomic E-state index is 11.9. The van der Waals surface area contributed by atoms with Crippen molar-refractivity contribution in [1.82, 2.24) is 4.72 Å². The Morgan fingerprint density at radius 3 is 2.14 bits per heavy atom. The second-order valence-corrected chi connectivity index (χ2v) is 10.2. The summed E-state index contributed by atoms with van der Waals surface area (Å²) < 4.78 is 26.2. The molecule has 0 aliphatic heterocycles. The van der Waals surface area contributed by atoms with Gasteiger partial charge in [0.1, 0.15) is 0 Å². The van der Waals surface area contributed by atoms with E-state index >= 15 is 0 Å². The van der Waals surface area contributed by atoms with Gasteiger partial charge in [0.2, 0.25) is 10.0 Å². The molecule has 4 aliphatic rings. The molecule has 5 rings (SSSR count). The summed E-state index contributed by atoms with van der Waals surface area (Å²) in [7, 11) is -1.87. The van der Waals surface area contributed by atoms with Crippen LogP contribution in [-0.4, -0.2) is 15.5 Å². The van der Waals surface area contributed by atoms with Crippen molar-refractivity contribution in [3.63, 3.8) is 0 Å². The summed E-state index contributed by atoms with van der Waals surface area (Å²) in [6.45, 7) is 2.47. The predicted molar refractivity (Wildman–Crippen MR) is 87.2 cm³/mol. The van der Waals surface area contributed by atoms with Crippen molar-refractivity contribution in [2.24, 2.45) is 17.3 Å². The number of sulfonamides is 1. The number of hydrogen-bond acceptors (Lipinski definition) is 2. The van der Waals surface area contributed by atoms with Gasteiger partial charge in [-0.1, -0.05) is 19.1 Å². The molecule has 4 heteroatoms. The van der Waals surface area contributed by atoms with Gasteiger partial charge < -0.3 is 0 Å². The Morgan fingerprint density at radius 1 is 1.05 bits per heavy atom. The van der Waals surface area contributed by atoms with Crippen LogP contribution < -0.4 is 4.72 Å². The van der Waals surface area contributed by atoms with E-state index in [1.807, 2.05) is 0 Å². The van der Waals surface area contributed by atoms with Gasteiger partial charge in [-0.05, 0) is 85.9 Å². The zero-order valence-electron chi connectivity index (χ0n) is 13.4. The highest BCUT2D eigenvalue weighted by Crippen LogP contribution is 2.65. The van der Waals surface area contributed by atoms with Crippen LogP contribution in [0.2, 0.25) is 0 Å². The molecule has 0 saturated heterocycles. The SMILES string of the molecule is CNS(=O)(=O)c1ccc(C23CC4CC(CC(C)(C4)C2)C3)cc1. The van der Waals surface area contributed by atoms with Crippen LogP contribution in [0.1, 0.15) is 51.0 Å². The Morgan fingerprint density at radius 2 is 1.64 bits per heavy atom. The maximum atomic E-state index is 11.9. The number of benzene rings is 1. The first-order valence-electron chi connectivity index (χ1n) is 8.38. The lowest BCUT2D eigenvalue weighted by Gasteiger charge is -2.61. The first-order chi connectivity index (χ1) is 10.3. The number of rotatable bonds is 3. The van der Waals surface area contributed by atoms with E-state index in [2.05, 4.69) is 23.8 Å². The molecule has 1 N–H and O–H groups in total. The lowest BCUT2D eigenvalue weighted by Crippen LogP contribution is -2.52. The molecule has 0 heterocycles. The third-order valence-electron chi connectivity index (χ3n) is 6.40. The fraction of sp³-hybridized carbons (Fsp3) is 0.667. The third-order valence-corrected chi connectivity index (χ3v) is 7.83. The minimum Gasteiger partial charge on any atom is -0.214 e. The molecule has 0 radical (unpaired) electrons. The molecular weight excluding hydrogens is 294 g/mol. The molecule has 2 atom stereocenters. The van der Waals surface area contributed by atoms with Crippen molar-refractivity contribution < 1.29 is 8.42 Å². The Labute approximate surface area is 133 Å². The van der Waals surface area contributed by atoms with Crippen molar-refractivity contribution in [1.29, 1.82) is 0 Å². The van der Waals surface area contributed by atoms with E-state index in [1.54, 1.807) is 12.1 Å². The molecule has 4 bridgehead atoms. The minimum atomic E-state index is -3.33. The van der Waals surface area contributed by atoms with E-state index < -0.39 is 10.0 Å². The van der Waals surface area contributed by atoms with Gasteiger partial charge in [-0.25, -0.2) is 13.1 Å². The summed E-state index contributed by atoms with van der Waals surface area (Å²) in [5.41, 5.74) is 2.18. The topological polar surface area (TPSA) is 46.2 Å². The Hall–Kier alpha value is -0.870. The summed E-state index contributed by atoms with van der Waals surface area (Å²) in [5, 5.41) is 0. The molecule has 22 heavy (non-hydrogen) atoms. The summed E-state index contributed by atoms with van der Waals surface area (Å²) >= 11 is 0. The standard InChI is InChI=1S/C18H25NO2S/c1-17-8-13-7-14(9-17)11-18(10-13,12-17)15-3-5-16(6-4-15)22(20,21)19-2/h3-6,13-14,19H,7-12H2,1-2H3. The van der Waals surface area contributed by atoms with Gasteiger partial charge >= 0.3 is 0 Å². The maximum Gasteiger partial charge on any atom is 0.240 e. The van der Waals surface area contributed by atoms with Crippen LogP contribution in [0.25, 0.3) is 0 Å². The van der Waals surface area contributed by atoms with Crippen LogP contribution in [-0.2, 0) is 15.4 Å². The predicted octanol–water partition coefficient (Wildman–Crippen LogP) is 3.45. The highest BCUT2D eigenvalue weighted by atomic mass is 32.2. The Kier molecular flexibility index (Phi) is 3.06. The van der Waals surface area contributed by atoms with E-state index in [0.717, 1.165) is 11.8 Å². The van der Waals surface area contributed by atoms with Gasteiger partial charge in [-0.2, -0.15) is 0 Å². The van der Waals surface area contributed by atoms with Gasteiger partial charge in [0.05, 0.1) is 4.90 Å². The van der Waals surface area contributed by atoms with Gasteiger partial charge in [0, 0.05) is 0 Å². The van der Waals surface area contributed by atoms with E-state index in [0.29, 0.717) is 15.7 Å². The lowest BCUT2D eigenvalue weighted by atomic mass is 9.43. The second kappa shape index (κ2) is 4.57. The molecule has 0 aromatic heterocycles. The van der Waals surface area contributed by atoms with Crippen molar-refractivity contribution in [3.05, 3.63) is 29.8 Å². The highest BCUT2D eigenvalue weighted by Gasteiger charge is 2.56. The van der Waals surface area contributed by atoms with Crippen LogP contribution in [0.3, 0.4) is 0 Å². The molecule has 1 aromatic rings. The fourth-order valence-electron chi connectivity index (χ4n) is 6.16. The fourth-order valence-corrected chi connectivity index (χ4v) is 6.89. The first-order valence-corrected chi connectivity index (χ1v) is 9.87. The molecule has 4 aliphatic carbocycles. The molecule has 4 saturated carbocycles. The van der Waals surface area contributed by atoms with E-state index in [-0.39, 0.29) is 0 Å². The normalized spacial score (nSPS) is 40.1. The zero-order chi connectivity index (χ0) is 15.6. The highest BCUT2D eigenvalue weighted by molar-refractivity contribution is 7.89. The quantitative estimate of drug-likeness (QED) is 0.927. The van der Waals surface area contributed by atoms with Gasteiger partial charge in [0.15, 0.2) is 0 Å². The van der Waals surface area contributed by atoms with Crippen molar-refractivity contribution in [3.8, 4) is 0 Å².